The van der Waals surface area contributed by atoms with E-state index < -0.39 is 11.9 Å². The average Bonchev–Trinajstić information content (AvgIpc) is 2.98. The van der Waals surface area contributed by atoms with Crippen molar-refractivity contribution in [1.29, 1.82) is 0 Å². The van der Waals surface area contributed by atoms with Gasteiger partial charge in [0.05, 0.1) is 24.1 Å². The lowest BCUT2D eigenvalue weighted by Crippen LogP contribution is -2.35. The zero-order valence-corrected chi connectivity index (χ0v) is 16.4. The van der Waals surface area contributed by atoms with Gasteiger partial charge in [0.15, 0.2) is 5.43 Å². The first-order valence-electron chi connectivity index (χ1n) is 9.26. The summed E-state index contributed by atoms with van der Waals surface area (Å²) in [6.07, 6.45) is 0. The first-order valence-corrected chi connectivity index (χ1v) is 9.26. The van der Waals surface area contributed by atoms with Gasteiger partial charge >= 0.3 is 0 Å². The van der Waals surface area contributed by atoms with E-state index >= 15 is 0 Å². The van der Waals surface area contributed by atoms with Gasteiger partial charge in [-0.3, -0.25) is 9.59 Å². The number of amides is 1. The van der Waals surface area contributed by atoms with Crippen LogP contribution in [0.5, 0.6) is 5.75 Å². The standard InChI is InChI=1S/C22H21FN2O4/c1-24(2)9-10-25-19(13-5-4-6-14(23)11-13)18-20(26)16-8-7-15(28-3)12-17(16)29-21(18)22(25)27/h4-8,11-12,19H,9-10H2,1-3H3/t19-/m0/s1. The van der Waals surface area contributed by atoms with E-state index in [-0.39, 0.29) is 28.2 Å². The third-order valence-corrected chi connectivity index (χ3v) is 5.13. The smallest absolute Gasteiger partial charge is 0.290 e. The van der Waals surface area contributed by atoms with Crippen LogP contribution in [0.25, 0.3) is 11.0 Å². The van der Waals surface area contributed by atoms with Crippen molar-refractivity contribution in [2.75, 3.05) is 34.3 Å². The van der Waals surface area contributed by atoms with E-state index in [0.29, 0.717) is 29.8 Å². The second-order valence-electron chi connectivity index (χ2n) is 7.30. The van der Waals surface area contributed by atoms with E-state index in [1.807, 2.05) is 19.0 Å². The Morgan fingerprint density at radius 1 is 1.17 bits per heavy atom. The number of likely N-dealkylation sites (N-methyl/N-ethyl adjacent to an activating group) is 1. The average molecular weight is 396 g/mol. The summed E-state index contributed by atoms with van der Waals surface area (Å²) in [6, 6.07) is 10.2. The molecule has 2 heterocycles. The molecule has 2 aromatic carbocycles. The molecule has 0 unspecified atom stereocenters. The Kier molecular flexibility index (Phi) is 4.84. The van der Waals surface area contributed by atoms with Gasteiger partial charge in [0.25, 0.3) is 5.91 Å². The molecule has 0 fully saturated rings. The zero-order valence-electron chi connectivity index (χ0n) is 16.4. The molecule has 1 amide bonds. The number of hydrogen-bond donors (Lipinski definition) is 0. The number of benzene rings is 2. The summed E-state index contributed by atoms with van der Waals surface area (Å²) in [7, 11) is 5.31. The number of carbonyl (C=O) groups excluding carboxylic acids is 1. The molecule has 0 saturated carbocycles. The highest BCUT2D eigenvalue weighted by Gasteiger charge is 2.42. The molecule has 3 aromatic rings. The first kappa shape index (κ1) is 19.1. The lowest BCUT2D eigenvalue weighted by molar-refractivity contribution is 0.0716. The second-order valence-corrected chi connectivity index (χ2v) is 7.30. The third kappa shape index (κ3) is 3.27. The van der Waals surface area contributed by atoms with Crippen LogP contribution in [-0.4, -0.2) is 50.0 Å². The van der Waals surface area contributed by atoms with E-state index in [0.717, 1.165) is 0 Å². The summed E-state index contributed by atoms with van der Waals surface area (Å²) in [5.74, 6) is -0.273. The summed E-state index contributed by atoms with van der Waals surface area (Å²) in [4.78, 5) is 30.0. The van der Waals surface area contributed by atoms with Crippen LogP contribution in [0.4, 0.5) is 4.39 Å². The Bertz CT molecular complexity index is 1160. The summed E-state index contributed by atoms with van der Waals surface area (Å²) in [5, 5.41) is 0.355. The van der Waals surface area contributed by atoms with E-state index in [4.69, 9.17) is 9.15 Å². The monoisotopic (exact) mass is 396 g/mol. The van der Waals surface area contributed by atoms with Crippen LogP contribution in [0.1, 0.15) is 27.7 Å². The van der Waals surface area contributed by atoms with Crippen molar-refractivity contribution in [3.63, 3.8) is 0 Å². The van der Waals surface area contributed by atoms with Gasteiger partial charge in [-0.05, 0) is 43.9 Å². The minimum atomic E-state index is -0.698. The van der Waals surface area contributed by atoms with E-state index in [9.17, 15) is 14.0 Å². The van der Waals surface area contributed by atoms with E-state index in [2.05, 4.69) is 0 Å². The fourth-order valence-electron chi connectivity index (χ4n) is 3.69. The van der Waals surface area contributed by atoms with E-state index in [1.165, 1.54) is 19.2 Å². The van der Waals surface area contributed by atoms with Crippen molar-refractivity contribution in [2.24, 2.45) is 0 Å². The predicted molar refractivity (Wildman–Crippen MR) is 107 cm³/mol. The first-order chi connectivity index (χ1) is 13.9. The third-order valence-electron chi connectivity index (χ3n) is 5.13. The van der Waals surface area contributed by atoms with Gasteiger partial charge < -0.3 is 19.0 Å². The van der Waals surface area contributed by atoms with Gasteiger partial charge in [-0.2, -0.15) is 0 Å². The van der Waals surface area contributed by atoms with Crippen LogP contribution in [0.3, 0.4) is 0 Å². The number of ether oxygens (including phenoxy) is 1. The van der Waals surface area contributed by atoms with Gasteiger partial charge in [-0.1, -0.05) is 12.1 Å². The van der Waals surface area contributed by atoms with Gasteiger partial charge in [-0.25, -0.2) is 4.39 Å². The SMILES string of the molecule is COc1ccc2c(=O)c3c(oc2c1)C(=O)N(CCN(C)C)[C@H]3c1cccc(F)c1. The normalized spacial score (nSPS) is 16.0. The lowest BCUT2D eigenvalue weighted by Gasteiger charge is -2.26. The van der Waals surface area contributed by atoms with Gasteiger partial charge in [-0.15, -0.1) is 0 Å². The Morgan fingerprint density at radius 2 is 1.97 bits per heavy atom. The van der Waals surface area contributed by atoms with Crippen molar-refractivity contribution in [1.82, 2.24) is 9.80 Å². The summed E-state index contributed by atoms with van der Waals surface area (Å²) in [6.45, 7) is 0.962. The van der Waals surface area contributed by atoms with Crippen LogP contribution in [0.2, 0.25) is 0 Å². The van der Waals surface area contributed by atoms with Crippen molar-refractivity contribution in [3.8, 4) is 5.75 Å². The molecule has 0 N–H and O–H groups in total. The molecule has 1 atom stereocenters. The Morgan fingerprint density at radius 3 is 2.66 bits per heavy atom. The summed E-state index contributed by atoms with van der Waals surface area (Å²) < 4.78 is 25.0. The van der Waals surface area contributed by atoms with Gasteiger partial charge in [0, 0.05) is 19.2 Å². The topological polar surface area (TPSA) is 63.0 Å². The maximum Gasteiger partial charge on any atom is 0.290 e. The number of methoxy groups -OCH3 is 1. The minimum Gasteiger partial charge on any atom is -0.497 e. The molecule has 0 bridgehead atoms. The van der Waals surface area contributed by atoms with Crippen molar-refractivity contribution >= 4 is 16.9 Å². The van der Waals surface area contributed by atoms with Gasteiger partial charge in [0.1, 0.15) is 17.1 Å². The Balaban J connectivity index is 1.94. The fourth-order valence-corrected chi connectivity index (χ4v) is 3.69. The predicted octanol–water partition coefficient (Wildman–Crippen LogP) is 3.05. The van der Waals surface area contributed by atoms with Gasteiger partial charge in [0.2, 0.25) is 5.76 Å². The number of rotatable bonds is 5. The lowest BCUT2D eigenvalue weighted by atomic mass is 9.98. The highest BCUT2D eigenvalue weighted by molar-refractivity contribution is 5.99. The highest BCUT2D eigenvalue weighted by Crippen LogP contribution is 2.38. The molecular weight excluding hydrogens is 375 g/mol. The Hall–Kier alpha value is -3.19. The zero-order chi connectivity index (χ0) is 20.7. The quantitative estimate of drug-likeness (QED) is 0.663. The van der Waals surface area contributed by atoms with Crippen molar-refractivity contribution < 1.29 is 18.3 Å². The van der Waals surface area contributed by atoms with Crippen LogP contribution in [-0.2, 0) is 0 Å². The highest BCUT2D eigenvalue weighted by atomic mass is 19.1. The molecule has 29 heavy (non-hydrogen) atoms. The maximum absolute atomic E-state index is 13.9. The maximum atomic E-state index is 13.9. The molecule has 0 saturated heterocycles. The number of fused-ring (bicyclic) bond motifs is 2. The molecule has 6 nitrogen and oxygen atoms in total. The summed E-state index contributed by atoms with van der Waals surface area (Å²) in [5.41, 5.74) is 0.779. The molecule has 0 spiro atoms. The van der Waals surface area contributed by atoms with Crippen LogP contribution >= 0.6 is 0 Å². The number of hydrogen-bond acceptors (Lipinski definition) is 5. The number of halogens is 1. The molecular formula is C22H21FN2O4. The van der Waals surface area contributed by atoms with Crippen LogP contribution < -0.4 is 10.2 Å². The van der Waals surface area contributed by atoms with Crippen molar-refractivity contribution in [3.05, 3.63) is 75.4 Å². The number of nitrogens with zero attached hydrogens (tertiary/aromatic N) is 2. The number of carbonyl (C=O) groups is 1. The molecule has 1 aliphatic rings. The van der Waals surface area contributed by atoms with Crippen LogP contribution in [0, 0.1) is 5.82 Å². The van der Waals surface area contributed by atoms with Crippen LogP contribution in [0.15, 0.2) is 51.7 Å². The minimum absolute atomic E-state index is 0.00349. The molecule has 1 aliphatic heterocycles. The molecule has 150 valence electrons. The van der Waals surface area contributed by atoms with Crippen molar-refractivity contribution in [2.45, 2.75) is 6.04 Å². The fraction of sp³-hybridized carbons (Fsp3) is 0.273. The molecule has 7 heteroatoms. The summed E-state index contributed by atoms with van der Waals surface area (Å²) >= 11 is 0. The molecule has 0 radical (unpaired) electrons. The van der Waals surface area contributed by atoms with E-state index in [1.54, 1.807) is 35.2 Å². The molecule has 4 rings (SSSR count). The molecule has 1 aromatic heterocycles. The molecule has 0 aliphatic carbocycles. The Labute approximate surface area is 167 Å². The second kappa shape index (κ2) is 7.33. The largest absolute Gasteiger partial charge is 0.497 e.